The van der Waals surface area contributed by atoms with Crippen LogP contribution in [-0.2, 0) is 25.8 Å². The van der Waals surface area contributed by atoms with Gasteiger partial charge in [-0.05, 0) is 37.5 Å². The molecule has 0 bridgehead atoms. The Hall–Kier alpha value is -2.87. The summed E-state index contributed by atoms with van der Waals surface area (Å²) in [5, 5.41) is 5.46. The maximum atomic E-state index is 12.6. The average molecular weight is 416 g/mol. The van der Waals surface area contributed by atoms with E-state index in [4.69, 9.17) is 4.74 Å². The molecule has 0 aromatic heterocycles. The summed E-state index contributed by atoms with van der Waals surface area (Å²) in [4.78, 5) is 23.5. The lowest BCUT2D eigenvalue weighted by Crippen LogP contribution is -2.34. The zero-order valence-electron chi connectivity index (χ0n) is 16.2. The molecule has 2 aromatic carbocycles. The van der Waals surface area contributed by atoms with Crippen LogP contribution in [0.1, 0.15) is 25.3 Å². The third-order valence-corrected chi connectivity index (χ3v) is 6.37. The molecule has 7 nitrogen and oxygen atoms in total. The zero-order valence-corrected chi connectivity index (χ0v) is 17.0. The lowest BCUT2D eigenvalue weighted by atomic mass is 10.1. The topological polar surface area (TPSA) is 102 Å². The maximum Gasteiger partial charge on any atom is 0.262 e. The Labute approximate surface area is 170 Å². The number of ether oxygens (including phenoxy) is 1. The van der Waals surface area contributed by atoms with Crippen molar-refractivity contribution in [3.63, 3.8) is 0 Å². The van der Waals surface area contributed by atoms with E-state index in [1.54, 1.807) is 0 Å². The highest BCUT2D eigenvalue weighted by Gasteiger charge is 2.22. The standard InChI is InChI=1S/C21H24N2O5S/c1-15(7-8-16-5-3-2-4-6-16)22-20(24)11-12-29(26,27)17-9-10-18-19(13-17)28-14-21(25)23-18/h2-6,9-10,13,15H,7-8,11-12,14H2,1H3,(H,22,24)(H,23,25). The van der Waals surface area contributed by atoms with Crippen molar-refractivity contribution >= 4 is 27.3 Å². The van der Waals surface area contributed by atoms with Gasteiger partial charge in [-0.15, -0.1) is 0 Å². The van der Waals surface area contributed by atoms with Crippen LogP contribution in [0.5, 0.6) is 5.75 Å². The van der Waals surface area contributed by atoms with Gasteiger partial charge in [0, 0.05) is 18.5 Å². The van der Waals surface area contributed by atoms with E-state index in [1.807, 2.05) is 37.3 Å². The number of amides is 2. The number of nitrogens with one attached hydrogen (secondary N) is 2. The van der Waals surface area contributed by atoms with Gasteiger partial charge in [0.15, 0.2) is 16.4 Å². The number of rotatable bonds is 8. The van der Waals surface area contributed by atoms with Crippen LogP contribution < -0.4 is 15.4 Å². The molecule has 0 radical (unpaired) electrons. The van der Waals surface area contributed by atoms with Crippen molar-refractivity contribution < 1.29 is 22.7 Å². The smallest absolute Gasteiger partial charge is 0.262 e. The molecule has 29 heavy (non-hydrogen) atoms. The van der Waals surface area contributed by atoms with Crippen LogP contribution >= 0.6 is 0 Å². The normalized spacial score (nSPS) is 14.3. The van der Waals surface area contributed by atoms with Gasteiger partial charge < -0.3 is 15.4 Å². The van der Waals surface area contributed by atoms with Gasteiger partial charge in [-0.2, -0.15) is 0 Å². The van der Waals surface area contributed by atoms with Gasteiger partial charge in [-0.25, -0.2) is 8.42 Å². The number of carbonyl (C=O) groups excluding carboxylic acids is 2. The Morgan fingerprint density at radius 2 is 1.97 bits per heavy atom. The Morgan fingerprint density at radius 1 is 1.21 bits per heavy atom. The third kappa shape index (κ3) is 5.80. The van der Waals surface area contributed by atoms with E-state index in [1.165, 1.54) is 23.8 Å². The van der Waals surface area contributed by atoms with Gasteiger partial charge >= 0.3 is 0 Å². The number of benzene rings is 2. The molecule has 0 saturated heterocycles. The van der Waals surface area contributed by atoms with E-state index in [9.17, 15) is 18.0 Å². The van der Waals surface area contributed by atoms with Crippen LogP contribution in [0, 0.1) is 0 Å². The van der Waals surface area contributed by atoms with Gasteiger partial charge in [-0.3, -0.25) is 9.59 Å². The summed E-state index contributed by atoms with van der Waals surface area (Å²) in [7, 11) is -3.65. The van der Waals surface area contributed by atoms with Gasteiger partial charge in [-0.1, -0.05) is 30.3 Å². The number of anilines is 1. The van der Waals surface area contributed by atoms with Crippen molar-refractivity contribution in [2.45, 2.75) is 37.1 Å². The molecule has 2 N–H and O–H groups in total. The predicted octanol–water partition coefficient (Wildman–Crippen LogP) is 2.32. The molecule has 8 heteroatoms. The number of hydrogen-bond acceptors (Lipinski definition) is 5. The molecule has 1 atom stereocenters. The van der Waals surface area contributed by atoms with Crippen molar-refractivity contribution in [3.05, 3.63) is 54.1 Å². The lowest BCUT2D eigenvalue weighted by Gasteiger charge is -2.18. The maximum absolute atomic E-state index is 12.6. The fourth-order valence-corrected chi connectivity index (χ4v) is 4.29. The van der Waals surface area contributed by atoms with E-state index >= 15 is 0 Å². The second-order valence-electron chi connectivity index (χ2n) is 7.06. The fraction of sp³-hybridized carbons (Fsp3) is 0.333. The molecule has 154 valence electrons. The summed E-state index contributed by atoms with van der Waals surface area (Å²) in [5.74, 6) is -0.568. The molecule has 1 aliphatic heterocycles. The van der Waals surface area contributed by atoms with E-state index in [0.29, 0.717) is 11.4 Å². The Balaban J connectivity index is 1.50. The lowest BCUT2D eigenvalue weighted by molar-refractivity contribution is -0.121. The minimum Gasteiger partial charge on any atom is -0.482 e. The molecule has 1 heterocycles. The quantitative estimate of drug-likeness (QED) is 0.688. The summed E-state index contributed by atoms with van der Waals surface area (Å²) >= 11 is 0. The van der Waals surface area contributed by atoms with Gasteiger partial charge in [0.25, 0.3) is 5.91 Å². The molecule has 2 aromatic rings. The van der Waals surface area contributed by atoms with Crippen molar-refractivity contribution in [1.29, 1.82) is 0 Å². The number of fused-ring (bicyclic) bond motifs is 1. The van der Waals surface area contributed by atoms with E-state index in [0.717, 1.165) is 12.8 Å². The highest BCUT2D eigenvalue weighted by molar-refractivity contribution is 7.91. The largest absolute Gasteiger partial charge is 0.482 e. The van der Waals surface area contributed by atoms with Crippen molar-refractivity contribution in [2.24, 2.45) is 0 Å². The molecule has 0 saturated carbocycles. The second-order valence-corrected chi connectivity index (χ2v) is 9.17. The first-order valence-electron chi connectivity index (χ1n) is 9.46. The molecular formula is C21H24N2O5S. The van der Waals surface area contributed by atoms with Crippen LogP contribution in [0.25, 0.3) is 0 Å². The molecule has 1 aliphatic rings. The fourth-order valence-electron chi connectivity index (χ4n) is 3.04. The first-order chi connectivity index (χ1) is 13.8. The van der Waals surface area contributed by atoms with Crippen LogP contribution in [-0.4, -0.2) is 38.6 Å². The van der Waals surface area contributed by atoms with E-state index in [2.05, 4.69) is 10.6 Å². The summed E-state index contributed by atoms with van der Waals surface area (Å²) in [5.41, 5.74) is 1.63. The minimum atomic E-state index is -3.65. The highest BCUT2D eigenvalue weighted by atomic mass is 32.2. The number of hydrogen-bond donors (Lipinski definition) is 2. The molecular weight excluding hydrogens is 392 g/mol. The van der Waals surface area contributed by atoms with Crippen LogP contribution in [0.4, 0.5) is 5.69 Å². The Kier molecular flexibility index (Phi) is 6.53. The first kappa shape index (κ1) is 20.9. The monoisotopic (exact) mass is 416 g/mol. The molecule has 3 rings (SSSR count). The van der Waals surface area contributed by atoms with Gasteiger partial charge in [0.2, 0.25) is 5.91 Å². The Bertz CT molecular complexity index is 989. The molecule has 0 fully saturated rings. The molecule has 0 spiro atoms. The number of carbonyl (C=O) groups is 2. The summed E-state index contributed by atoms with van der Waals surface area (Å²) < 4.78 is 30.4. The first-order valence-corrected chi connectivity index (χ1v) is 11.1. The van der Waals surface area contributed by atoms with E-state index < -0.39 is 9.84 Å². The zero-order chi connectivity index (χ0) is 20.9. The molecule has 0 aliphatic carbocycles. The van der Waals surface area contributed by atoms with Crippen molar-refractivity contribution in [1.82, 2.24) is 5.32 Å². The van der Waals surface area contributed by atoms with Crippen LogP contribution in [0.15, 0.2) is 53.4 Å². The summed E-state index contributed by atoms with van der Waals surface area (Å²) in [6.45, 7) is 1.75. The van der Waals surface area contributed by atoms with E-state index in [-0.39, 0.29) is 41.5 Å². The highest BCUT2D eigenvalue weighted by Crippen LogP contribution is 2.30. The Morgan fingerprint density at radius 3 is 2.72 bits per heavy atom. The molecule has 1 unspecified atom stereocenters. The second kappa shape index (κ2) is 9.09. The van der Waals surface area contributed by atoms with Crippen molar-refractivity contribution in [2.75, 3.05) is 17.7 Å². The number of sulfone groups is 1. The van der Waals surface area contributed by atoms with Gasteiger partial charge in [0.05, 0.1) is 16.3 Å². The predicted molar refractivity (Wildman–Crippen MR) is 110 cm³/mol. The molecule has 2 amide bonds. The van der Waals surface area contributed by atoms with Gasteiger partial charge in [0.1, 0.15) is 5.75 Å². The minimum absolute atomic E-state index is 0.0498. The third-order valence-electron chi connectivity index (χ3n) is 4.66. The SMILES string of the molecule is CC(CCc1ccccc1)NC(=O)CCS(=O)(=O)c1ccc2c(c1)OCC(=O)N2. The summed E-state index contributed by atoms with van der Waals surface area (Å²) in [6, 6.07) is 14.2. The van der Waals surface area contributed by atoms with Crippen molar-refractivity contribution in [3.8, 4) is 5.75 Å². The summed E-state index contributed by atoms with van der Waals surface area (Å²) in [6.07, 6.45) is 1.50. The average Bonchev–Trinajstić information content (AvgIpc) is 2.71. The van der Waals surface area contributed by atoms with Crippen LogP contribution in [0.2, 0.25) is 0 Å². The van der Waals surface area contributed by atoms with Crippen LogP contribution in [0.3, 0.4) is 0 Å². The number of aryl methyl sites for hydroxylation is 1.